The van der Waals surface area contributed by atoms with Crippen molar-refractivity contribution in [3.63, 3.8) is 0 Å². The fraction of sp³-hybridized carbons (Fsp3) is 0. The van der Waals surface area contributed by atoms with E-state index in [0.29, 0.717) is 17.2 Å². The predicted octanol–water partition coefficient (Wildman–Crippen LogP) is 14.4. The van der Waals surface area contributed by atoms with Crippen LogP contribution < -0.4 is 0 Å². The van der Waals surface area contributed by atoms with Gasteiger partial charge in [0.05, 0.1) is 22.1 Å². The van der Waals surface area contributed by atoms with Crippen molar-refractivity contribution in [1.82, 2.24) is 19.1 Å². The number of fused-ring (bicyclic) bond motifs is 18. The number of rotatable bonds is 3. The SMILES string of the molecule is c1ccc(-n2c3ccc4ccccc4c3c3c4ccccc4c4c5ccccc5n(-c5nc(-c6cccc7c6oc6ccccc67)c6oc7ccccc7c6n5)c4c32)cc1. The lowest BCUT2D eigenvalue weighted by Gasteiger charge is -2.14. The van der Waals surface area contributed by atoms with Gasteiger partial charge in [-0.15, -0.1) is 0 Å². The number of benzene rings is 9. The van der Waals surface area contributed by atoms with Gasteiger partial charge in [0, 0.05) is 49.0 Å². The highest BCUT2D eigenvalue weighted by Crippen LogP contribution is 2.49. The molecule has 6 heteroatoms. The third-order valence-electron chi connectivity index (χ3n) is 12.5. The zero-order valence-electron chi connectivity index (χ0n) is 31.9. The molecule has 6 nitrogen and oxygen atoms in total. The van der Waals surface area contributed by atoms with Gasteiger partial charge in [0.15, 0.2) is 5.58 Å². The fourth-order valence-corrected chi connectivity index (χ4v) is 10.1. The van der Waals surface area contributed by atoms with Gasteiger partial charge in [0.25, 0.3) is 0 Å². The molecule has 0 amide bonds. The summed E-state index contributed by atoms with van der Waals surface area (Å²) in [7, 11) is 0. The predicted molar refractivity (Wildman–Crippen MR) is 246 cm³/mol. The second kappa shape index (κ2) is 11.7. The average molecular weight is 767 g/mol. The molecule has 0 unspecified atom stereocenters. The van der Waals surface area contributed by atoms with E-state index in [1.807, 2.05) is 30.3 Å². The Bertz CT molecular complexity index is 4130. The van der Waals surface area contributed by atoms with Gasteiger partial charge in [0.1, 0.15) is 28.0 Å². The number of hydrogen-bond acceptors (Lipinski definition) is 4. The van der Waals surface area contributed by atoms with E-state index in [0.717, 1.165) is 82.5 Å². The molecule has 0 atom stereocenters. The highest BCUT2D eigenvalue weighted by molar-refractivity contribution is 6.39. The zero-order valence-corrected chi connectivity index (χ0v) is 31.9. The molecular formula is C54H30N4O2. The molecule has 60 heavy (non-hydrogen) atoms. The summed E-state index contributed by atoms with van der Waals surface area (Å²) in [5.74, 6) is 0.551. The van der Waals surface area contributed by atoms with Crippen LogP contribution in [-0.2, 0) is 0 Å². The number of para-hydroxylation sites is 5. The van der Waals surface area contributed by atoms with Crippen molar-refractivity contribution in [3.05, 3.63) is 182 Å². The summed E-state index contributed by atoms with van der Waals surface area (Å²) in [4.78, 5) is 11.1. The van der Waals surface area contributed by atoms with Crippen LogP contribution in [0.3, 0.4) is 0 Å². The van der Waals surface area contributed by atoms with Gasteiger partial charge < -0.3 is 13.4 Å². The Hall–Kier alpha value is -8.22. The fourth-order valence-electron chi connectivity index (χ4n) is 10.1. The first kappa shape index (κ1) is 31.8. The van der Waals surface area contributed by atoms with E-state index in [9.17, 15) is 0 Å². The van der Waals surface area contributed by atoms with Gasteiger partial charge in [-0.1, -0.05) is 133 Å². The lowest BCUT2D eigenvalue weighted by atomic mass is 9.96. The van der Waals surface area contributed by atoms with Crippen molar-refractivity contribution in [2.75, 3.05) is 0 Å². The molecule has 0 N–H and O–H groups in total. The van der Waals surface area contributed by atoms with Crippen LogP contribution in [0.25, 0.3) is 132 Å². The van der Waals surface area contributed by atoms with E-state index < -0.39 is 0 Å². The largest absolute Gasteiger partial charge is 0.455 e. The number of aromatic nitrogens is 4. The van der Waals surface area contributed by atoms with Crippen LogP contribution in [0, 0.1) is 0 Å². The highest BCUT2D eigenvalue weighted by Gasteiger charge is 2.28. The topological polar surface area (TPSA) is 61.9 Å². The molecular weight excluding hydrogens is 737 g/mol. The zero-order chi connectivity index (χ0) is 39.1. The molecule has 278 valence electrons. The monoisotopic (exact) mass is 766 g/mol. The molecule has 14 rings (SSSR count). The standard InChI is InChI=1S/C54H30N4O2/c1-2-16-32(17-3-1)57-42-30-29-31-15-4-5-18-33(31)46(42)47-36-21-7-6-20-35(36)45-38-22-8-11-26-41(38)58(50(45)51(47)57)54-55-48-39-23-10-13-28-44(39)60-53(48)49(56-54)40-25-14-24-37-34-19-9-12-27-43(34)59-52(37)40/h1-30H. The number of nitrogens with zero attached hydrogens (tertiary/aromatic N) is 4. The second-order valence-electron chi connectivity index (χ2n) is 15.6. The summed E-state index contributed by atoms with van der Waals surface area (Å²) < 4.78 is 18.1. The second-order valence-corrected chi connectivity index (χ2v) is 15.6. The Morgan fingerprint density at radius 3 is 1.82 bits per heavy atom. The Morgan fingerprint density at radius 1 is 0.367 bits per heavy atom. The van der Waals surface area contributed by atoms with Gasteiger partial charge in [0.2, 0.25) is 5.95 Å². The maximum atomic E-state index is 6.71. The molecule has 0 spiro atoms. The van der Waals surface area contributed by atoms with Gasteiger partial charge in [-0.2, -0.15) is 0 Å². The van der Waals surface area contributed by atoms with Crippen LogP contribution in [0.4, 0.5) is 0 Å². The molecule has 9 aromatic carbocycles. The van der Waals surface area contributed by atoms with E-state index in [-0.39, 0.29) is 0 Å². The molecule has 0 saturated carbocycles. The Labute approximate surface area is 340 Å². The van der Waals surface area contributed by atoms with Gasteiger partial charge in [-0.3, -0.25) is 4.57 Å². The van der Waals surface area contributed by atoms with Crippen molar-refractivity contribution in [2.24, 2.45) is 0 Å². The molecule has 0 fully saturated rings. The van der Waals surface area contributed by atoms with Crippen LogP contribution in [-0.4, -0.2) is 19.1 Å². The Morgan fingerprint density at radius 2 is 0.983 bits per heavy atom. The van der Waals surface area contributed by atoms with Crippen LogP contribution in [0.15, 0.2) is 191 Å². The average Bonchev–Trinajstić information content (AvgIpc) is 4.07. The van der Waals surface area contributed by atoms with Gasteiger partial charge in [-0.05, 0) is 70.1 Å². The quantitative estimate of drug-likeness (QED) is 0.180. The van der Waals surface area contributed by atoms with Crippen molar-refractivity contribution in [3.8, 4) is 22.9 Å². The molecule has 5 aromatic heterocycles. The maximum Gasteiger partial charge on any atom is 0.236 e. The molecule has 14 aromatic rings. The summed E-state index contributed by atoms with van der Waals surface area (Å²) in [6.07, 6.45) is 0. The number of furan rings is 2. The summed E-state index contributed by atoms with van der Waals surface area (Å²) in [5.41, 5.74) is 10.6. The molecule has 0 aliphatic heterocycles. The van der Waals surface area contributed by atoms with Crippen molar-refractivity contribution in [2.45, 2.75) is 0 Å². The summed E-state index contributed by atoms with van der Waals surface area (Å²) in [6, 6.07) is 64.1. The van der Waals surface area contributed by atoms with Crippen LogP contribution in [0.1, 0.15) is 0 Å². The molecule has 0 bridgehead atoms. The molecule has 5 heterocycles. The lowest BCUT2D eigenvalue weighted by Crippen LogP contribution is -2.04. The minimum Gasteiger partial charge on any atom is -0.455 e. The Kier molecular flexibility index (Phi) is 6.20. The smallest absolute Gasteiger partial charge is 0.236 e. The Balaban J connectivity index is 1.24. The summed E-state index contributed by atoms with van der Waals surface area (Å²) in [6.45, 7) is 0. The first-order valence-corrected chi connectivity index (χ1v) is 20.3. The normalized spacial score (nSPS) is 12.3. The third kappa shape index (κ3) is 4.11. The molecule has 0 radical (unpaired) electrons. The van der Waals surface area contributed by atoms with Gasteiger partial charge in [-0.25, -0.2) is 9.97 Å². The minimum absolute atomic E-state index is 0.551. The summed E-state index contributed by atoms with van der Waals surface area (Å²) >= 11 is 0. The molecule has 0 saturated heterocycles. The number of hydrogen-bond donors (Lipinski definition) is 0. The van der Waals surface area contributed by atoms with E-state index >= 15 is 0 Å². The van der Waals surface area contributed by atoms with E-state index in [1.54, 1.807) is 0 Å². The van der Waals surface area contributed by atoms with Crippen LogP contribution in [0.5, 0.6) is 0 Å². The van der Waals surface area contributed by atoms with Crippen LogP contribution in [0.2, 0.25) is 0 Å². The van der Waals surface area contributed by atoms with E-state index in [2.05, 4.69) is 161 Å². The third-order valence-corrected chi connectivity index (χ3v) is 12.5. The summed E-state index contributed by atoms with van der Waals surface area (Å²) in [5, 5.41) is 12.5. The van der Waals surface area contributed by atoms with E-state index in [1.165, 1.54) is 32.3 Å². The first-order valence-electron chi connectivity index (χ1n) is 20.3. The van der Waals surface area contributed by atoms with Crippen molar-refractivity contribution in [1.29, 1.82) is 0 Å². The minimum atomic E-state index is 0.551. The van der Waals surface area contributed by atoms with Crippen molar-refractivity contribution < 1.29 is 8.83 Å². The lowest BCUT2D eigenvalue weighted by molar-refractivity contribution is 0.662. The van der Waals surface area contributed by atoms with Crippen LogP contribution >= 0.6 is 0 Å². The first-order chi connectivity index (χ1) is 29.8. The van der Waals surface area contributed by atoms with Crippen molar-refractivity contribution >= 4 is 109 Å². The van der Waals surface area contributed by atoms with Gasteiger partial charge >= 0.3 is 0 Å². The molecule has 0 aliphatic rings. The van der Waals surface area contributed by atoms with E-state index in [4.69, 9.17) is 18.8 Å². The maximum absolute atomic E-state index is 6.71. The highest BCUT2D eigenvalue weighted by atomic mass is 16.3. The molecule has 0 aliphatic carbocycles.